The van der Waals surface area contributed by atoms with Crippen molar-refractivity contribution in [1.82, 2.24) is 9.78 Å². The lowest BCUT2D eigenvalue weighted by Gasteiger charge is -2.09. The Morgan fingerprint density at radius 1 is 1.08 bits per heavy atom. The van der Waals surface area contributed by atoms with Crippen LogP contribution in [0.5, 0.6) is 5.75 Å². The van der Waals surface area contributed by atoms with E-state index < -0.39 is 0 Å². The summed E-state index contributed by atoms with van der Waals surface area (Å²) in [7, 11) is 1.64. The topological polar surface area (TPSA) is 51.1 Å². The molecule has 7 heteroatoms. The molecule has 0 unspecified atom stereocenters. The summed E-state index contributed by atoms with van der Waals surface area (Å²) < 4.78 is 8.06. The van der Waals surface area contributed by atoms with Gasteiger partial charge in [-0.1, -0.05) is 28.1 Å². The first-order valence-corrected chi connectivity index (χ1v) is 8.82. The Kier molecular flexibility index (Phi) is 5.67. The lowest BCUT2D eigenvalue weighted by molar-refractivity contribution is 0.415. The summed E-state index contributed by atoms with van der Waals surface area (Å²) in [5, 5.41) is 11.2. The predicted octanol–water partition coefficient (Wildman–Crippen LogP) is 4.51. The molecule has 2 aromatic carbocycles. The number of hydrogen-bond donors (Lipinski definition) is 2. The first-order valence-electron chi connectivity index (χ1n) is 7.62. The van der Waals surface area contributed by atoms with Crippen LogP contribution in [0.1, 0.15) is 5.56 Å². The Labute approximate surface area is 160 Å². The van der Waals surface area contributed by atoms with Gasteiger partial charge in [0.25, 0.3) is 0 Å². The molecule has 0 atom stereocenters. The van der Waals surface area contributed by atoms with Gasteiger partial charge >= 0.3 is 0 Å². The summed E-state index contributed by atoms with van der Waals surface area (Å²) in [6, 6.07) is 17.6. The van der Waals surface area contributed by atoms with E-state index in [1.165, 1.54) is 5.56 Å². The molecule has 0 aliphatic rings. The van der Waals surface area contributed by atoms with Crippen LogP contribution in [0.2, 0.25) is 0 Å². The maximum Gasteiger partial charge on any atom is 0.176 e. The predicted molar refractivity (Wildman–Crippen MR) is 108 cm³/mol. The minimum atomic E-state index is 0.485. The normalized spacial score (nSPS) is 10.3. The second-order valence-electron chi connectivity index (χ2n) is 5.33. The first-order chi connectivity index (χ1) is 12.1. The number of ether oxygens (including phenoxy) is 1. The Morgan fingerprint density at radius 2 is 1.80 bits per heavy atom. The van der Waals surface area contributed by atoms with Crippen molar-refractivity contribution in [2.75, 3.05) is 17.7 Å². The number of methoxy groups -OCH3 is 1. The summed E-state index contributed by atoms with van der Waals surface area (Å²) in [4.78, 5) is 0. The lowest BCUT2D eigenvalue weighted by Crippen LogP contribution is -2.19. The van der Waals surface area contributed by atoms with Gasteiger partial charge in [-0.05, 0) is 54.2 Å². The van der Waals surface area contributed by atoms with Crippen LogP contribution in [0.4, 0.5) is 11.5 Å². The zero-order valence-electron chi connectivity index (χ0n) is 13.6. The van der Waals surface area contributed by atoms with E-state index >= 15 is 0 Å². The average Bonchev–Trinajstić information content (AvgIpc) is 3.04. The number of anilines is 2. The zero-order chi connectivity index (χ0) is 17.6. The number of nitrogens with zero attached hydrogens (tertiary/aromatic N) is 2. The quantitative estimate of drug-likeness (QED) is 0.599. The van der Waals surface area contributed by atoms with Gasteiger partial charge in [-0.2, -0.15) is 5.10 Å². The minimum absolute atomic E-state index is 0.485. The van der Waals surface area contributed by atoms with Gasteiger partial charge in [0.15, 0.2) is 10.9 Å². The van der Waals surface area contributed by atoms with Crippen molar-refractivity contribution < 1.29 is 4.74 Å². The highest BCUT2D eigenvalue weighted by Gasteiger charge is 2.03. The van der Waals surface area contributed by atoms with Crippen molar-refractivity contribution in [3.63, 3.8) is 0 Å². The molecule has 0 aliphatic carbocycles. The summed E-state index contributed by atoms with van der Waals surface area (Å²) in [5.41, 5.74) is 2.06. The van der Waals surface area contributed by atoms with Gasteiger partial charge in [0.1, 0.15) is 5.75 Å². The number of hydrogen-bond acceptors (Lipinski definition) is 3. The molecule has 2 N–H and O–H groups in total. The number of nitrogens with one attached hydrogen (secondary N) is 2. The molecule has 3 rings (SSSR count). The van der Waals surface area contributed by atoms with Crippen molar-refractivity contribution in [1.29, 1.82) is 0 Å². The fourth-order valence-corrected chi connectivity index (χ4v) is 2.73. The molecule has 25 heavy (non-hydrogen) atoms. The highest BCUT2D eigenvalue weighted by Crippen LogP contribution is 2.16. The largest absolute Gasteiger partial charge is 0.497 e. The molecular weight excluding hydrogens is 400 g/mol. The van der Waals surface area contributed by atoms with Gasteiger partial charge in [-0.25, -0.2) is 0 Å². The maximum absolute atomic E-state index is 5.32. The van der Waals surface area contributed by atoms with Gasteiger partial charge in [-0.3, -0.25) is 4.68 Å². The van der Waals surface area contributed by atoms with E-state index in [1.807, 2.05) is 53.3 Å². The van der Waals surface area contributed by atoms with E-state index in [9.17, 15) is 0 Å². The van der Waals surface area contributed by atoms with Gasteiger partial charge < -0.3 is 15.4 Å². The third-order valence-electron chi connectivity index (χ3n) is 3.49. The van der Waals surface area contributed by atoms with Crippen LogP contribution in [0.3, 0.4) is 0 Å². The molecule has 0 aliphatic heterocycles. The van der Waals surface area contributed by atoms with Gasteiger partial charge in [0.05, 0.1) is 13.7 Å². The molecular formula is C18H17BrN4OS. The monoisotopic (exact) mass is 416 g/mol. The van der Waals surface area contributed by atoms with E-state index in [4.69, 9.17) is 17.0 Å². The maximum atomic E-state index is 5.32. The Bertz CT molecular complexity index is 846. The number of benzene rings is 2. The van der Waals surface area contributed by atoms with Gasteiger partial charge in [0, 0.05) is 22.4 Å². The highest BCUT2D eigenvalue weighted by atomic mass is 79.9. The van der Waals surface area contributed by atoms with Crippen LogP contribution in [0, 0.1) is 0 Å². The molecule has 1 heterocycles. The first kappa shape index (κ1) is 17.4. The fourth-order valence-electron chi connectivity index (χ4n) is 2.25. The summed E-state index contributed by atoms with van der Waals surface area (Å²) in [5.74, 6) is 1.50. The van der Waals surface area contributed by atoms with Crippen molar-refractivity contribution in [2.24, 2.45) is 0 Å². The second kappa shape index (κ2) is 8.13. The Balaban J connectivity index is 1.56. The molecule has 0 radical (unpaired) electrons. The van der Waals surface area contributed by atoms with Crippen LogP contribution in [0.15, 0.2) is 65.3 Å². The third-order valence-corrected chi connectivity index (χ3v) is 4.22. The number of halogens is 1. The van der Waals surface area contributed by atoms with E-state index in [1.54, 1.807) is 7.11 Å². The molecule has 3 aromatic rings. The zero-order valence-corrected chi connectivity index (χ0v) is 16.0. The molecule has 128 valence electrons. The molecule has 0 spiro atoms. The molecule has 1 aromatic heterocycles. The molecule has 0 bridgehead atoms. The smallest absolute Gasteiger partial charge is 0.176 e. The number of rotatable bonds is 5. The van der Waals surface area contributed by atoms with Crippen LogP contribution in [0.25, 0.3) is 0 Å². The molecule has 0 saturated heterocycles. The standard InChI is InChI=1S/C18H17BrN4OS/c1-24-16-8-6-15(7-9-16)20-18(25)21-17-10-11-23(22-17)12-13-2-4-14(19)5-3-13/h2-11H,12H2,1H3,(H2,20,21,22,25). The second-order valence-corrected chi connectivity index (χ2v) is 6.66. The van der Waals surface area contributed by atoms with Crippen molar-refractivity contribution in [3.8, 4) is 5.75 Å². The van der Waals surface area contributed by atoms with Gasteiger partial charge in [-0.15, -0.1) is 0 Å². The van der Waals surface area contributed by atoms with Crippen molar-refractivity contribution in [3.05, 3.63) is 70.8 Å². The number of aromatic nitrogens is 2. The van der Waals surface area contributed by atoms with Crippen LogP contribution >= 0.6 is 28.1 Å². The fraction of sp³-hybridized carbons (Fsp3) is 0.111. The van der Waals surface area contributed by atoms with E-state index in [0.29, 0.717) is 17.5 Å². The van der Waals surface area contributed by atoms with E-state index in [2.05, 4.69) is 43.8 Å². The molecule has 0 amide bonds. The minimum Gasteiger partial charge on any atom is -0.497 e. The molecule has 5 nitrogen and oxygen atoms in total. The highest BCUT2D eigenvalue weighted by molar-refractivity contribution is 9.10. The third kappa shape index (κ3) is 5.04. The Morgan fingerprint density at radius 3 is 2.48 bits per heavy atom. The van der Waals surface area contributed by atoms with E-state index in [-0.39, 0.29) is 0 Å². The van der Waals surface area contributed by atoms with Crippen molar-refractivity contribution >= 4 is 44.8 Å². The van der Waals surface area contributed by atoms with Gasteiger partial charge in [0.2, 0.25) is 0 Å². The van der Waals surface area contributed by atoms with E-state index in [0.717, 1.165) is 15.9 Å². The molecule has 0 saturated carbocycles. The van der Waals surface area contributed by atoms with Crippen LogP contribution in [-0.2, 0) is 6.54 Å². The average molecular weight is 417 g/mol. The summed E-state index contributed by atoms with van der Waals surface area (Å²) in [6.45, 7) is 0.702. The van der Waals surface area contributed by atoms with Crippen molar-refractivity contribution in [2.45, 2.75) is 6.54 Å². The number of thiocarbonyl (C=S) groups is 1. The summed E-state index contributed by atoms with van der Waals surface area (Å²) >= 11 is 8.76. The summed E-state index contributed by atoms with van der Waals surface area (Å²) in [6.07, 6.45) is 1.92. The van der Waals surface area contributed by atoms with Crippen LogP contribution < -0.4 is 15.4 Å². The lowest BCUT2D eigenvalue weighted by atomic mass is 10.2. The SMILES string of the molecule is COc1ccc(NC(=S)Nc2ccn(Cc3ccc(Br)cc3)n2)cc1. The molecule has 0 fully saturated rings. The van der Waals surface area contributed by atoms with Crippen LogP contribution in [-0.4, -0.2) is 22.0 Å². The Hall–Kier alpha value is -2.38.